The lowest BCUT2D eigenvalue weighted by Crippen LogP contribution is -2.36. The molecule has 0 aromatic heterocycles. The van der Waals surface area contributed by atoms with E-state index >= 15 is 0 Å². The minimum atomic E-state index is -3.55. The average Bonchev–Trinajstić information content (AvgIpc) is 2.79. The molecular formula is C13H20N2O3S. The van der Waals surface area contributed by atoms with E-state index < -0.39 is 10.0 Å². The van der Waals surface area contributed by atoms with Crippen molar-refractivity contribution in [3.63, 3.8) is 0 Å². The minimum Gasteiger partial charge on any atom is -0.495 e. The molecule has 0 spiro atoms. The van der Waals surface area contributed by atoms with Gasteiger partial charge in [-0.05, 0) is 44.0 Å². The Morgan fingerprint density at radius 2 is 2.11 bits per heavy atom. The second kappa shape index (κ2) is 5.48. The van der Waals surface area contributed by atoms with Crippen LogP contribution in [0.5, 0.6) is 5.75 Å². The van der Waals surface area contributed by atoms with Gasteiger partial charge < -0.3 is 10.1 Å². The number of methoxy groups -OCH3 is 1. The van der Waals surface area contributed by atoms with Gasteiger partial charge >= 0.3 is 0 Å². The second-order valence-electron chi connectivity index (χ2n) is 4.92. The molecule has 1 saturated heterocycles. The molecule has 1 aromatic carbocycles. The lowest BCUT2D eigenvalue weighted by atomic mass is 10.1. The molecule has 2 N–H and O–H groups in total. The van der Waals surface area contributed by atoms with Crippen LogP contribution in [0, 0.1) is 13.8 Å². The molecule has 0 amide bonds. The molecule has 0 radical (unpaired) electrons. The Morgan fingerprint density at radius 1 is 1.37 bits per heavy atom. The predicted octanol–water partition coefficient (Wildman–Crippen LogP) is 0.952. The summed E-state index contributed by atoms with van der Waals surface area (Å²) in [6, 6.07) is 3.55. The molecule has 19 heavy (non-hydrogen) atoms. The Hall–Kier alpha value is -1.11. The Morgan fingerprint density at radius 3 is 2.68 bits per heavy atom. The van der Waals surface area contributed by atoms with Crippen LogP contribution in [-0.2, 0) is 10.0 Å². The maximum absolute atomic E-state index is 12.5. The molecule has 1 heterocycles. The van der Waals surface area contributed by atoms with Crippen LogP contribution in [-0.4, -0.2) is 34.7 Å². The smallest absolute Gasteiger partial charge is 0.244 e. The van der Waals surface area contributed by atoms with E-state index in [2.05, 4.69) is 10.0 Å². The van der Waals surface area contributed by atoms with Gasteiger partial charge in [-0.3, -0.25) is 0 Å². The topological polar surface area (TPSA) is 67.4 Å². The number of benzene rings is 1. The van der Waals surface area contributed by atoms with Crippen molar-refractivity contribution in [2.24, 2.45) is 0 Å². The summed E-state index contributed by atoms with van der Waals surface area (Å²) in [5.41, 5.74) is 1.69. The summed E-state index contributed by atoms with van der Waals surface area (Å²) < 4.78 is 32.9. The van der Waals surface area contributed by atoms with E-state index in [0.717, 1.165) is 18.5 Å². The summed E-state index contributed by atoms with van der Waals surface area (Å²) in [4.78, 5) is 0.243. The number of hydrogen-bond acceptors (Lipinski definition) is 4. The summed E-state index contributed by atoms with van der Waals surface area (Å²) in [6.45, 7) is 5.22. The van der Waals surface area contributed by atoms with Gasteiger partial charge in [-0.15, -0.1) is 0 Å². The molecule has 0 aliphatic carbocycles. The number of rotatable bonds is 4. The van der Waals surface area contributed by atoms with Crippen molar-refractivity contribution in [3.05, 3.63) is 23.3 Å². The molecule has 0 saturated carbocycles. The highest BCUT2D eigenvalue weighted by molar-refractivity contribution is 7.89. The zero-order valence-corrected chi connectivity index (χ0v) is 12.3. The maximum Gasteiger partial charge on any atom is 0.244 e. The van der Waals surface area contributed by atoms with Crippen LogP contribution in [0.1, 0.15) is 17.5 Å². The average molecular weight is 284 g/mol. The summed E-state index contributed by atoms with van der Waals surface area (Å²) in [5, 5.41) is 3.14. The fourth-order valence-corrected chi connectivity index (χ4v) is 4.09. The number of aryl methyl sites for hydroxylation is 2. The molecule has 1 fully saturated rings. The first-order valence-corrected chi connectivity index (χ1v) is 7.80. The van der Waals surface area contributed by atoms with Crippen LogP contribution in [0.3, 0.4) is 0 Å². The largest absolute Gasteiger partial charge is 0.495 e. The fourth-order valence-electron chi connectivity index (χ4n) is 2.44. The van der Waals surface area contributed by atoms with Gasteiger partial charge in [-0.25, -0.2) is 13.1 Å². The van der Waals surface area contributed by atoms with E-state index in [1.165, 1.54) is 7.11 Å². The van der Waals surface area contributed by atoms with Crippen molar-refractivity contribution in [1.29, 1.82) is 0 Å². The summed E-state index contributed by atoms with van der Waals surface area (Å²) >= 11 is 0. The summed E-state index contributed by atoms with van der Waals surface area (Å²) in [7, 11) is -2.06. The number of nitrogens with one attached hydrogen (secondary N) is 2. The molecule has 1 unspecified atom stereocenters. The molecular weight excluding hydrogens is 264 g/mol. The van der Waals surface area contributed by atoms with Gasteiger partial charge in [0.15, 0.2) is 0 Å². The number of hydrogen-bond donors (Lipinski definition) is 2. The predicted molar refractivity (Wildman–Crippen MR) is 74.1 cm³/mol. The van der Waals surface area contributed by atoms with E-state index in [9.17, 15) is 8.42 Å². The molecule has 1 aliphatic rings. The van der Waals surface area contributed by atoms with Crippen LogP contribution in [0.15, 0.2) is 17.0 Å². The van der Waals surface area contributed by atoms with Crippen LogP contribution in [0.4, 0.5) is 0 Å². The lowest BCUT2D eigenvalue weighted by molar-refractivity contribution is 0.401. The van der Waals surface area contributed by atoms with Gasteiger partial charge in [0, 0.05) is 12.6 Å². The van der Waals surface area contributed by atoms with Gasteiger partial charge in [0.1, 0.15) is 10.6 Å². The standard InChI is InChI=1S/C13H20N2O3S/c1-9-6-10(2)13(12(7-9)18-3)19(16,17)15-11-4-5-14-8-11/h6-7,11,14-15H,4-5,8H2,1-3H3. The van der Waals surface area contributed by atoms with Crippen LogP contribution < -0.4 is 14.8 Å². The second-order valence-corrected chi connectivity index (χ2v) is 6.58. The molecule has 0 bridgehead atoms. The molecule has 2 rings (SSSR count). The molecule has 106 valence electrons. The zero-order chi connectivity index (χ0) is 14.0. The van der Waals surface area contributed by atoms with E-state index in [-0.39, 0.29) is 10.9 Å². The molecule has 1 aliphatic heterocycles. The normalized spacial score (nSPS) is 19.6. The third kappa shape index (κ3) is 3.08. The number of sulfonamides is 1. The molecule has 1 aromatic rings. The summed E-state index contributed by atoms with van der Waals surface area (Å²) in [5.74, 6) is 0.399. The number of ether oxygens (including phenoxy) is 1. The first-order chi connectivity index (χ1) is 8.94. The van der Waals surface area contributed by atoms with E-state index in [0.29, 0.717) is 17.9 Å². The highest BCUT2D eigenvalue weighted by Gasteiger charge is 2.27. The maximum atomic E-state index is 12.5. The quantitative estimate of drug-likeness (QED) is 0.864. The van der Waals surface area contributed by atoms with Gasteiger partial charge in [-0.1, -0.05) is 6.07 Å². The Bertz CT molecular complexity index is 563. The fraction of sp³-hybridized carbons (Fsp3) is 0.538. The Labute approximate surface area is 114 Å². The molecule has 6 heteroatoms. The monoisotopic (exact) mass is 284 g/mol. The van der Waals surface area contributed by atoms with Gasteiger partial charge in [0.05, 0.1) is 7.11 Å². The third-order valence-corrected chi connectivity index (χ3v) is 4.96. The third-order valence-electron chi connectivity index (χ3n) is 3.26. The SMILES string of the molecule is COc1cc(C)cc(C)c1S(=O)(=O)NC1CCNC1. The Kier molecular flexibility index (Phi) is 4.13. The lowest BCUT2D eigenvalue weighted by Gasteiger charge is -2.17. The van der Waals surface area contributed by atoms with Gasteiger partial charge in [0.25, 0.3) is 0 Å². The van der Waals surface area contributed by atoms with Gasteiger partial charge in [-0.2, -0.15) is 0 Å². The molecule has 1 atom stereocenters. The van der Waals surface area contributed by atoms with Crippen molar-refractivity contribution in [2.75, 3.05) is 20.2 Å². The van der Waals surface area contributed by atoms with Crippen LogP contribution in [0.25, 0.3) is 0 Å². The zero-order valence-electron chi connectivity index (χ0n) is 11.5. The van der Waals surface area contributed by atoms with Crippen LogP contribution in [0.2, 0.25) is 0 Å². The highest BCUT2D eigenvalue weighted by Crippen LogP contribution is 2.29. The molecule has 5 nitrogen and oxygen atoms in total. The minimum absolute atomic E-state index is 0.0459. The van der Waals surface area contributed by atoms with E-state index in [1.807, 2.05) is 13.0 Å². The Balaban J connectivity index is 2.39. The van der Waals surface area contributed by atoms with Crippen molar-refractivity contribution in [3.8, 4) is 5.75 Å². The van der Waals surface area contributed by atoms with Gasteiger partial charge in [0.2, 0.25) is 10.0 Å². The van der Waals surface area contributed by atoms with Crippen molar-refractivity contribution >= 4 is 10.0 Å². The summed E-state index contributed by atoms with van der Waals surface area (Å²) in [6.07, 6.45) is 0.812. The first kappa shape index (κ1) is 14.3. The van der Waals surface area contributed by atoms with Crippen molar-refractivity contribution < 1.29 is 13.2 Å². The van der Waals surface area contributed by atoms with E-state index in [1.54, 1.807) is 13.0 Å². The van der Waals surface area contributed by atoms with Crippen molar-refractivity contribution in [2.45, 2.75) is 31.2 Å². The highest BCUT2D eigenvalue weighted by atomic mass is 32.2. The van der Waals surface area contributed by atoms with Crippen LogP contribution >= 0.6 is 0 Å². The van der Waals surface area contributed by atoms with Crippen molar-refractivity contribution in [1.82, 2.24) is 10.0 Å². The van der Waals surface area contributed by atoms with E-state index in [4.69, 9.17) is 4.74 Å². The first-order valence-electron chi connectivity index (χ1n) is 6.32.